The van der Waals surface area contributed by atoms with Gasteiger partial charge in [-0.05, 0) is 30.7 Å². The Bertz CT molecular complexity index is 766. The highest BCUT2D eigenvalue weighted by Gasteiger charge is 2.11. The molecule has 0 saturated heterocycles. The zero-order valence-electron chi connectivity index (χ0n) is 11.7. The van der Waals surface area contributed by atoms with Crippen LogP contribution >= 0.6 is 11.6 Å². The highest BCUT2D eigenvalue weighted by molar-refractivity contribution is 6.31. The summed E-state index contributed by atoms with van der Waals surface area (Å²) in [5.41, 5.74) is 2.84. The van der Waals surface area contributed by atoms with Gasteiger partial charge in [0.05, 0.1) is 0 Å². The quantitative estimate of drug-likeness (QED) is 0.711. The third kappa shape index (κ3) is 2.94. The molecule has 3 rings (SSSR count). The van der Waals surface area contributed by atoms with Gasteiger partial charge in [-0.2, -0.15) is 0 Å². The molecule has 0 fully saturated rings. The maximum atomic E-state index is 13.7. The lowest BCUT2D eigenvalue weighted by Crippen LogP contribution is -2.18. The van der Waals surface area contributed by atoms with Crippen molar-refractivity contribution < 1.29 is 4.39 Å². The molecule has 0 radical (unpaired) electrons. The van der Waals surface area contributed by atoms with E-state index in [-0.39, 0.29) is 11.9 Å². The number of aromatic amines is 1. The largest absolute Gasteiger partial charge is 0.361 e. The van der Waals surface area contributed by atoms with Crippen LogP contribution in [0.5, 0.6) is 0 Å². The van der Waals surface area contributed by atoms with E-state index in [1.54, 1.807) is 6.07 Å². The molecule has 2 N–H and O–H groups in total. The van der Waals surface area contributed by atoms with Crippen LogP contribution in [-0.4, -0.2) is 4.98 Å². The monoisotopic (exact) mass is 302 g/mol. The Balaban J connectivity index is 1.76. The van der Waals surface area contributed by atoms with Gasteiger partial charge in [0.15, 0.2) is 0 Å². The molecule has 1 atom stereocenters. The van der Waals surface area contributed by atoms with Gasteiger partial charge in [0, 0.05) is 40.3 Å². The van der Waals surface area contributed by atoms with E-state index in [9.17, 15) is 4.39 Å². The molecule has 1 unspecified atom stereocenters. The number of halogens is 2. The maximum absolute atomic E-state index is 13.7. The number of rotatable bonds is 4. The second kappa shape index (κ2) is 5.88. The molecule has 0 aliphatic carbocycles. The summed E-state index contributed by atoms with van der Waals surface area (Å²) in [4.78, 5) is 3.21. The zero-order valence-corrected chi connectivity index (χ0v) is 12.4. The number of nitrogens with one attached hydrogen (secondary N) is 2. The molecule has 2 nitrogen and oxygen atoms in total. The molecule has 108 valence electrons. The van der Waals surface area contributed by atoms with Crippen molar-refractivity contribution >= 4 is 22.5 Å². The lowest BCUT2D eigenvalue weighted by atomic mass is 10.1. The zero-order chi connectivity index (χ0) is 14.8. The predicted molar refractivity (Wildman–Crippen MR) is 85.0 cm³/mol. The van der Waals surface area contributed by atoms with Gasteiger partial charge >= 0.3 is 0 Å². The first-order valence-electron chi connectivity index (χ1n) is 6.88. The molecule has 3 aromatic rings. The Kier molecular flexibility index (Phi) is 3.95. The fourth-order valence-electron chi connectivity index (χ4n) is 2.50. The predicted octanol–water partition coefficient (Wildman–Crippen LogP) is 4.81. The molecule has 1 heterocycles. The number of H-pyrrole nitrogens is 1. The van der Waals surface area contributed by atoms with Gasteiger partial charge in [-0.3, -0.25) is 0 Å². The summed E-state index contributed by atoms with van der Waals surface area (Å²) < 4.78 is 13.7. The van der Waals surface area contributed by atoms with E-state index in [4.69, 9.17) is 11.6 Å². The van der Waals surface area contributed by atoms with Crippen molar-refractivity contribution in [1.82, 2.24) is 10.3 Å². The van der Waals surface area contributed by atoms with Crippen LogP contribution in [0.15, 0.2) is 48.7 Å². The molecule has 0 aliphatic rings. The topological polar surface area (TPSA) is 27.8 Å². The van der Waals surface area contributed by atoms with Crippen molar-refractivity contribution in [2.75, 3.05) is 0 Å². The molecule has 21 heavy (non-hydrogen) atoms. The molecule has 0 saturated carbocycles. The van der Waals surface area contributed by atoms with Gasteiger partial charge in [0.1, 0.15) is 5.82 Å². The van der Waals surface area contributed by atoms with Crippen LogP contribution in [0.25, 0.3) is 10.9 Å². The summed E-state index contributed by atoms with van der Waals surface area (Å²) in [7, 11) is 0. The number of benzene rings is 2. The summed E-state index contributed by atoms with van der Waals surface area (Å²) in [6, 6.07) is 12.6. The van der Waals surface area contributed by atoms with Crippen LogP contribution in [0, 0.1) is 5.82 Å². The molecule has 0 aliphatic heterocycles. The van der Waals surface area contributed by atoms with Gasteiger partial charge in [0.25, 0.3) is 0 Å². The average molecular weight is 303 g/mol. The third-order valence-corrected chi connectivity index (χ3v) is 3.93. The van der Waals surface area contributed by atoms with E-state index in [1.807, 2.05) is 43.5 Å². The summed E-state index contributed by atoms with van der Waals surface area (Å²) in [5.74, 6) is -0.178. The van der Waals surface area contributed by atoms with Crippen LogP contribution < -0.4 is 5.32 Å². The Hall–Kier alpha value is -1.84. The molecule has 1 aromatic heterocycles. The van der Waals surface area contributed by atoms with E-state index < -0.39 is 0 Å². The van der Waals surface area contributed by atoms with Gasteiger partial charge in [-0.25, -0.2) is 4.39 Å². The maximum Gasteiger partial charge on any atom is 0.127 e. The summed E-state index contributed by atoms with van der Waals surface area (Å²) in [6.45, 7) is 2.63. The standard InChI is InChI=1S/C17H16ClFN2/c1-11(14-4-2-3-5-16(14)19)20-9-12-10-21-17-8-13(18)6-7-15(12)17/h2-8,10-11,20-21H,9H2,1H3. The van der Waals surface area contributed by atoms with Crippen molar-refractivity contribution in [1.29, 1.82) is 0 Å². The molecule has 0 bridgehead atoms. The second-order valence-corrected chi connectivity index (χ2v) is 5.56. The third-order valence-electron chi connectivity index (χ3n) is 3.70. The van der Waals surface area contributed by atoms with Crippen molar-refractivity contribution in [3.63, 3.8) is 0 Å². The fraction of sp³-hybridized carbons (Fsp3) is 0.176. The Morgan fingerprint density at radius 2 is 2.05 bits per heavy atom. The van der Waals surface area contributed by atoms with Crippen LogP contribution in [0.4, 0.5) is 4.39 Å². The summed E-state index contributed by atoms with van der Waals surface area (Å²) in [5, 5.41) is 5.20. The summed E-state index contributed by atoms with van der Waals surface area (Å²) in [6.07, 6.45) is 1.96. The molecule has 4 heteroatoms. The normalized spacial score (nSPS) is 12.7. The van der Waals surface area contributed by atoms with Gasteiger partial charge in [0.2, 0.25) is 0 Å². The smallest absolute Gasteiger partial charge is 0.127 e. The number of hydrogen-bond acceptors (Lipinski definition) is 1. The SMILES string of the molecule is CC(NCc1c[nH]c2cc(Cl)ccc12)c1ccccc1F. The van der Waals surface area contributed by atoms with Gasteiger partial charge < -0.3 is 10.3 Å². The van der Waals surface area contributed by atoms with E-state index in [0.29, 0.717) is 17.1 Å². The number of aromatic nitrogens is 1. The highest BCUT2D eigenvalue weighted by atomic mass is 35.5. The van der Waals surface area contributed by atoms with Crippen molar-refractivity contribution in [2.24, 2.45) is 0 Å². The van der Waals surface area contributed by atoms with Crippen LogP contribution in [-0.2, 0) is 6.54 Å². The van der Waals surface area contributed by atoms with E-state index in [1.165, 1.54) is 6.07 Å². The molecule has 2 aromatic carbocycles. The Morgan fingerprint density at radius 1 is 1.24 bits per heavy atom. The molecule has 0 amide bonds. The Labute approximate surface area is 127 Å². The van der Waals surface area contributed by atoms with Crippen molar-refractivity contribution in [3.05, 3.63) is 70.6 Å². The van der Waals surface area contributed by atoms with Crippen LogP contribution in [0.2, 0.25) is 5.02 Å². The molecular formula is C17H16ClFN2. The minimum Gasteiger partial charge on any atom is -0.361 e. The second-order valence-electron chi connectivity index (χ2n) is 5.13. The minimum atomic E-state index is -0.178. The van der Waals surface area contributed by atoms with E-state index in [2.05, 4.69) is 10.3 Å². The van der Waals surface area contributed by atoms with Gasteiger partial charge in [-0.15, -0.1) is 0 Å². The van der Waals surface area contributed by atoms with E-state index >= 15 is 0 Å². The Morgan fingerprint density at radius 3 is 2.86 bits per heavy atom. The first-order valence-corrected chi connectivity index (χ1v) is 7.26. The van der Waals surface area contributed by atoms with E-state index in [0.717, 1.165) is 16.5 Å². The van der Waals surface area contributed by atoms with Crippen LogP contribution in [0.1, 0.15) is 24.1 Å². The van der Waals surface area contributed by atoms with Crippen molar-refractivity contribution in [3.8, 4) is 0 Å². The van der Waals surface area contributed by atoms with Crippen molar-refractivity contribution in [2.45, 2.75) is 19.5 Å². The molecular weight excluding hydrogens is 287 g/mol. The highest BCUT2D eigenvalue weighted by Crippen LogP contribution is 2.23. The number of fused-ring (bicyclic) bond motifs is 1. The minimum absolute atomic E-state index is 0.0524. The molecule has 0 spiro atoms. The average Bonchev–Trinajstić information content (AvgIpc) is 2.87. The van der Waals surface area contributed by atoms with Gasteiger partial charge in [-0.1, -0.05) is 35.9 Å². The number of hydrogen-bond donors (Lipinski definition) is 2. The first kappa shape index (κ1) is 14.1. The summed E-state index contributed by atoms with van der Waals surface area (Å²) >= 11 is 5.98. The lowest BCUT2D eigenvalue weighted by Gasteiger charge is -2.14. The fourth-order valence-corrected chi connectivity index (χ4v) is 2.68. The lowest BCUT2D eigenvalue weighted by molar-refractivity contribution is 0.529. The van der Waals surface area contributed by atoms with Crippen LogP contribution in [0.3, 0.4) is 0 Å². The first-order chi connectivity index (χ1) is 10.1.